The maximum absolute atomic E-state index is 11.9. The Morgan fingerprint density at radius 1 is 1.33 bits per heavy atom. The summed E-state index contributed by atoms with van der Waals surface area (Å²) < 4.78 is 0. The van der Waals surface area contributed by atoms with Gasteiger partial charge < -0.3 is 5.32 Å². The lowest BCUT2D eigenvalue weighted by atomic mass is 10.0. The minimum absolute atomic E-state index is 0.259. The average molecular weight is 304 g/mol. The first-order chi connectivity index (χ1) is 10.1. The van der Waals surface area contributed by atoms with Gasteiger partial charge in [-0.2, -0.15) is 17.0 Å². The molecule has 0 aliphatic rings. The molecule has 1 rings (SSSR count). The summed E-state index contributed by atoms with van der Waals surface area (Å²) >= 11 is 1.63. The fourth-order valence-electron chi connectivity index (χ4n) is 1.74. The van der Waals surface area contributed by atoms with Crippen molar-refractivity contribution in [1.82, 2.24) is 5.32 Å². The largest absolute Gasteiger partial charge is 0.350 e. The smallest absolute Gasteiger partial charge is 0.245 e. The molecule has 0 spiro atoms. The molecule has 0 aromatic heterocycles. The van der Waals surface area contributed by atoms with Crippen LogP contribution < -0.4 is 5.32 Å². The first-order valence-electron chi connectivity index (χ1n) is 6.91. The highest BCUT2D eigenvalue weighted by atomic mass is 32.2. The monoisotopic (exact) mass is 304 g/mol. The summed E-state index contributed by atoms with van der Waals surface area (Å²) in [6, 6.07) is 9.54. The molecule has 0 fully saturated rings. The number of hydrogen-bond donors (Lipinski definition) is 1. The SMILES string of the molecule is CCSCCC(=O)[C@@H](C#N)C(=O)NCc1ccc(C)cc1. The van der Waals surface area contributed by atoms with Crippen molar-refractivity contribution in [3.8, 4) is 6.07 Å². The molecule has 0 unspecified atom stereocenters. The van der Waals surface area contributed by atoms with Crippen LogP contribution in [0.2, 0.25) is 0 Å². The fraction of sp³-hybridized carbons (Fsp3) is 0.438. The van der Waals surface area contributed by atoms with Crippen molar-refractivity contribution in [3.05, 3.63) is 35.4 Å². The van der Waals surface area contributed by atoms with Crippen LogP contribution >= 0.6 is 11.8 Å². The minimum atomic E-state index is -1.20. The van der Waals surface area contributed by atoms with E-state index in [0.29, 0.717) is 12.3 Å². The van der Waals surface area contributed by atoms with Crippen molar-refractivity contribution < 1.29 is 9.59 Å². The van der Waals surface area contributed by atoms with Gasteiger partial charge in [-0.25, -0.2) is 0 Å². The number of carbonyl (C=O) groups excluding carboxylic acids is 2. The molecule has 1 N–H and O–H groups in total. The van der Waals surface area contributed by atoms with Gasteiger partial charge in [-0.1, -0.05) is 36.8 Å². The molecule has 1 atom stereocenters. The molecule has 21 heavy (non-hydrogen) atoms. The van der Waals surface area contributed by atoms with Crippen LogP contribution in [0.25, 0.3) is 0 Å². The van der Waals surface area contributed by atoms with E-state index in [-0.39, 0.29) is 12.2 Å². The van der Waals surface area contributed by atoms with Crippen molar-refractivity contribution in [3.63, 3.8) is 0 Å². The third-order valence-electron chi connectivity index (χ3n) is 3.00. The van der Waals surface area contributed by atoms with E-state index in [4.69, 9.17) is 5.26 Å². The van der Waals surface area contributed by atoms with E-state index in [9.17, 15) is 9.59 Å². The number of amides is 1. The molecule has 0 aliphatic carbocycles. The molecule has 1 aromatic rings. The molecule has 0 heterocycles. The normalized spacial score (nSPS) is 11.5. The summed E-state index contributed by atoms with van der Waals surface area (Å²) in [5.74, 6) is -0.444. The number of ketones is 1. The maximum atomic E-state index is 11.9. The third kappa shape index (κ3) is 6.01. The highest BCUT2D eigenvalue weighted by Crippen LogP contribution is 2.08. The van der Waals surface area contributed by atoms with Gasteiger partial charge in [-0.05, 0) is 18.2 Å². The van der Waals surface area contributed by atoms with Gasteiger partial charge in [-0.3, -0.25) is 9.59 Å². The second-order valence-electron chi connectivity index (χ2n) is 4.68. The van der Waals surface area contributed by atoms with Gasteiger partial charge in [-0.15, -0.1) is 0 Å². The Bertz CT molecular complexity index is 520. The van der Waals surface area contributed by atoms with Crippen molar-refractivity contribution in [2.24, 2.45) is 5.92 Å². The van der Waals surface area contributed by atoms with Gasteiger partial charge in [0.25, 0.3) is 0 Å². The number of rotatable bonds is 8. The lowest BCUT2D eigenvalue weighted by molar-refractivity contribution is -0.131. The standard InChI is InChI=1S/C16H20N2O2S/c1-3-21-9-8-15(19)14(10-17)16(20)18-11-13-6-4-12(2)5-7-13/h4-7,14H,3,8-9,11H2,1-2H3,(H,18,20)/t14-/m1/s1. The van der Waals surface area contributed by atoms with Crippen LogP contribution in [-0.4, -0.2) is 23.2 Å². The lowest BCUT2D eigenvalue weighted by Crippen LogP contribution is -2.34. The second kappa shape index (κ2) is 9.19. The zero-order chi connectivity index (χ0) is 15.7. The number of aryl methyl sites for hydroxylation is 1. The van der Waals surface area contributed by atoms with Crippen molar-refractivity contribution in [2.45, 2.75) is 26.8 Å². The maximum Gasteiger partial charge on any atom is 0.245 e. The van der Waals surface area contributed by atoms with Crippen LogP contribution in [0.5, 0.6) is 0 Å². The van der Waals surface area contributed by atoms with Crippen LogP contribution in [0.15, 0.2) is 24.3 Å². The van der Waals surface area contributed by atoms with Crippen LogP contribution in [0.4, 0.5) is 0 Å². The Kier molecular flexibility index (Phi) is 7.55. The summed E-state index contributed by atoms with van der Waals surface area (Å²) in [4.78, 5) is 23.8. The van der Waals surface area contributed by atoms with E-state index in [2.05, 4.69) is 5.32 Å². The van der Waals surface area contributed by atoms with Gasteiger partial charge in [0, 0.05) is 18.7 Å². The molecule has 112 valence electrons. The molecule has 0 aliphatic heterocycles. The first-order valence-corrected chi connectivity index (χ1v) is 8.07. The highest BCUT2D eigenvalue weighted by Gasteiger charge is 2.25. The van der Waals surface area contributed by atoms with E-state index in [1.807, 2.05) is 38.1 Å². The molecule has 1 amide bonds. The summed E-state index contributed by atoms with van der Waals surface area (Å²) in [5.41, 5.74) is 2.09. The Balaban J connectivity index is 2.49. The topological polar surface area (TPSA) is 70.0 Å². The Hall–Kier alpha value is -1.80. The van der Waals surface area contributed by atoms with Gasteiger partial charge in [0.15, 0.2) is 11.7 Å². The predicted molar refractivity (Wildman–Crippen MR) is 84.8 cm³/mol. The average Bonchev–Trinajstić information content (AvgIpc) is 2.47. The zero-order valence-corrected chi connectivity index (χ0v) is 13.2. The number of nitriles is 1. The van der Waals surface area contributed by atoms with Crippen LogP contribution in [-0.2, 0) is 16.1 Å². The van der Waals surface area contributed by atoms with Crippen LogP contribution in [0, 0.1) is 24.2 Å². The van der Waals surface area contributed by atoms with E-state index in [1.165, 1.54) is 0 Å². The number of benzene rings is 1. The summed E-state index contributed by atoms with van der Waals surface area (Å²) in [5, 5.41) is 11.7. The van der Waals surface area contributed by atoms with Gasteiger partial charge >= 0.3 is 0 Å². The van der Waals surface area contributed by atoms with E-state index in [1.54, 1.807) is 17.8 Å². The number of thioether (sulfide) groups is 1. The molecular formula is C16H20N2O2S. The lowest BCUT2D eigenvalue weighted by Gasteiger charge is -2.09. The van der Waals surface area contributed by atoms with Gasteiger partial charge in [0.05, 0.1) is 6.07 Å². The Labute approximate surface area is 129 Å². The first kappa shape index (κ1) is 17.3. The molecule has 4 nitrogen and oxygen atoms in total. The highest BCUT2D eigenvalue weighted by molar-refractivity contribution is 7.99. The fourth-order valence-corrected chi connectivity index (χ4v) is 2.37. The number of carbonyl (C=O) groups is 2. The quantitative estimate of drug-likeness (QED) is 0.591. The van der Waals surface area contributed by atoms with E-state index < -0.39 is 11.8 Å². The zero-order valence-electron chi connectivity index (χ0n) is 12.4. The summed E-state index contributed by atoms with van der Waals surface area (Å²) in [6.07, 6.45) is 0.259. The van der Waals surface area contributed by atoms with E-state index >= 15 is 0 Å². The summed E-state index contributed by atoms with van der Waals surface area (Å²) in [6.45, 7) is 4.32. The van der Waals surface area contributed by atoms with Crippen molar-refractivity contribution >= 4 is 23.5 Å². The predicted octanol–water partition coefficient (Wildman–Crippen LogP) is 2.46. The number of Topliss-reactive ketones (excluding diaryl/α,β-unsaturated/α-hetero) is 1. The second-order valence-corrected chi connectivity index (χ2v) is 6.07. The Morgan fingerprint density at radius 2 is 2.00 bits per heavy atom. The molecular weight excluding hydrogens is 284 g/mol. The van der Waals surface area contributed by atoms with Gasteiger partial charge in [0.2, 0.25) is 5.91 Å². The molecule has 0 saturated carbocycles. The van der Waals surface area contributed by atoms with Crippen LogP contribution in [0.3, 0.4) is 0 Å². The van der Waals surface area contributed by atoms with Crippen molar-refractivity contribution in [2.75, 3.05) is 11.5 Å². The molecule has 0 bridgehead atoms. The molecule has 0 saturated heterocycles. The number of hydrogen-bond acceptors (Lipinski definition) is 4. The molecule has 0 radical (unpaired) electrons. The summed E-state index contributed by atoms with van der Waals surface area (Å²) in [7, 11) is 0. The van der Waals surface area contributed by atoms with E-state index in [0.717, 1.165) is 16.9 Å². The minimum Gasteiger partial charge on any atom is -0.350 e. The number of nitrogens with zero attached hydrogens (tertiary/aromatic N) is 1. The molecule has 5 heteroatoms. The third-order valence-corrected chi connectivity index (χ3v) is 3.90. The van der Waals surface area contributed by atoms with Gasteiger partial charge in [0.1, 0.15) is 0 Å². The number of nitrogens with one attached hydrogen (secondary N) is 1. The Morgan fingerprint density at radius 3 is 2.57 bits per heavy atom. The molecule has 1 aromatic carbocycles. The van der Waals surface area contributed by atoms with Crippen molar-refractivity contribution in [1.29, 1.82) is 5.26 Å². The van der Waals surface area contributed by atoms with Crippen LogP contribution in [0.1, 0.15) is 24.5 Å².